The molecule has 0 aromatic carbocycles. The number of quaternary nitrogens is 1. The minimum Gasteiger partial charge on any atom is -0.542 e. The van der Waals surface area contributed by atoms with Gasteiger partial charge in [-0.1, -0.05) is 13.3 Å². The summed E-state index contributed by atoms with van der Waals surface area (Å²) in [6.07, 6.45) is -0.834. The summed E-state index contributed by atoms with van der Waals surface area (Å²) in [6, 6.07) is 0. The lowest BCUT2D eigenvalue weighted by atomic mass is 9.97. The maximum atomic E-state index is 11.5. The second kappa shape index (κ2) is 9.57. The van der Waals surface area contributed by atoms with E-state index in [1.807, 2.05) is 0 Å². The number of carboxylic acid groups (broad SMARTS) is 1. The molecule has 0 atom stereocenters. The monoisotopic (exact) mass is 298 g/mol. The van der Waals surface area contributed by atoms with Crippen LogP contribution in [0.1, 0.15) is 32.6 Å². The Hall–Kier alpha value is -1.31. The van der Waals surface area contributed by atoms with E-state index in [4.69, 9.17) is 9.90 Å². The third kappa shape index (κ3) is 8.73. The van der Waals surface area contributed by atoms with Gasteiger partial charge in [-0.15, -0.1) is 0 Å². The van der Waals surface area contributed by atoms with Crippen LogP contribution in [-0.4, -0.2) is 37.7 Å². The zero-order valence-corrected chi connectivity index (χ0v) is 11.5. The van der Waals surface area contributed by atoms with Crippen LogP contribution in [0.2, 0.25) is 0 Å². The van der Waals surface area contributed by atoms with Gasteiger partial charge in [-0.25, -0.2) is 0 Å². The first-order chi connectivity index (χ1) is 9.29. The molecule has 1 aliphatic heterocycles. The molecular formula is C12H21F3N2O3. The molecular weight excluding hydrogens is 277 g/mol. The fraction of sp³-hybridized carbons (Fsp3) is 0.833. The Morgan fingerprint density at radius 3 is 2.20 bits per heavy atom. The van der Waals surface area contributed by atoms with E-state index in [-0.39, 0.29) is 5.91 Å². The van der Waals surface area contributed by atoms with Crippen LogP contribution in [0.3, 0.4) is 0 Å². The molecule has 0 aromatic rings. The largest absolute Gasteiger partial charge is 0.542 e. The van der Waals surface area contributed by atoms with Crippen molar-refractivity contribution < 1.29 is 33.2 Å². The average Bonchev–Trinajstić information content (AvgIpc) is 2.39. The minimum absolute atomic E-state index is 0.279. The fourth-order valence-electron chi connectivity index (χ4n) is 1.72. The van der Waals surface area contributed by atoms with Gasteiger partial charge in [0.15, 0.2) is 0 Å². The van der Waals surface area contributed by atoms with Crippen LogP contribution in [-0.2, 0) is 9.59 Å². The molecule has 0 aliphatic carbocycles. The first kappa shape index (κ1) is 18.7. The molecule has 1 saturated heterocycles. The number of halogens is 3. The van der Waals surface area contributed by atoms with Gasteiger partial charge in [0, 0.05) is 25.3 Å². The molecule has 1 rings (SSSR count). The van der Waals surface area contributed by atoms with Crippen molar-refractivity contribution in [3.05, 3.63) is 0 Å². The lowest BCUT2D eigenvalue weighted by Gasteiger charge is -2.19. The van der Waals surface area contributed by atoms with Gasteiger partial charge in [0.05, 0.1) is 13.1 Å². The van der Waals surface area contributed by atoms with E-state index >= 15 is 0 Å². The van der Waals surface area contributed by atoms with Gasteiger partial charge in [-0.3, -0.25) is 4.79 Å². The van der Waals surface area contributed by atoms with Crippen molar-refractivity contribution in [2.75, 3.05) is 19.6 Å². The molecule has 0 radical (unpaired) electrons. The quantitative estimate of drug-likeness (QED) is 0.665. The van der Waals surface area contributed by atoms with Gasteiger partial charge in [0.1, 0.15) is 5.97 Å². The van der Waals surface area contributed by atoms with Gasteiger partial charge in [-0.2, -0.15) is 13.2 Å². The molecule has 3 N–H and O–H groups in total. The third-order valence-electron chi connectivity index (χ3n) is 2.87. The third-order valence-corrected chi connectivity index (χ3v) is 2.87. The highest BCUT2D eigenvalue weighted by Gasteiger charge is 2.28. The number of rotatable bonds is 4. The number of unbranched alkanes of at least 4 members (excludes halogenated alkanes) is 1. The molecule has 1 fully saturated rings. The Kier molecular flexibility index (Phi) is 8.94. The first-order valence-electron chi connectivity index (χ1n) is 6.66. The van der Waals surface area contributed by atoms with E-state index in [1.54, 1.807) is 0 Å². The molecule has 0 aromatic heterocycles. The topological polar surface area (TPSA) is 85.8 Å². The van der Waals surface area contributed by atoms with Gasteiger partial charge in [0.2, 0.25) is 5.91 Å². The van der Waals surface area contributed by atoms with Crippen molar-refractivity contribution in [2.45, 2.75) is 38.8 Å². The highest BCUT2D eigenvalue weighted by molar-refractivity contribution is 5.78. The number of carbonyl (C=O) groups excluding carboxylic acids is 2. The normalized spacial score (nSPS) is 16.0. The lowest BCUT2D eigenvalue weighted by molar-refractivity contribution is -0.664. The smallest absolute Gasteiger partial charge is 0.430 e. The van der Waals surface area contributed by atoms with E-state index in [1.165, 1.54) is 0 Å². The predicted octanol–water partition coefficient (Wildman–Crippen LogP) is -0.825. The van der Waals surface area contributed by atoms with Crippen LogP contribution < -0.4 is 15.7 Å². The van der Waals surface area contributed by atoms with Crippen molar-refractivity contribution in [1.82, 2.24) is 5.32 Å². The summed E-state index contributed by atoms with van der Waals surface area (Å²) >= 11 is 0. The second-order valence-electron chi connectivity index (χ2n) is 4.57. The zero-order chi connectivity index (χ0) is 15.6. The Bertz CT molecular complexity index is 303. The summed E-state index contributed by atoms with van der Waals surface area (Å²) in [4.78, 5) is 20.3. The van der Waals surface area contributed by atoms with E-state index in [9.17, 15) is 18.0 Å². The van der Waals surface area contributed by atoms with Crippen LogP contribution in [0, 0.1) is 5.92 Å². The molecule has 0 saturated carbocycles. The van der Waals surface area contributed by atoms with E-state index in [0.29, 0.717) is 5.92 Å². The Balaban J connectivity index is 0.000000441. The van der Waals surface area contributed by atoms with Crippen molar-refractivity contribution >= 4 is 11.9 Å². The summed E-state index contributed by atoms with van der Waals surface area (Å²) in [5.41, 5.74) is 0. The Morgan fingerprint density at radius 1 is 1.30 bits per heavy atom. The van der Waals surface area contributed by atoms with Crippen LogP contribution in [0.4, 0.5) is 13.2 Å². The number of alkyl halides is 3. The van der Waals surface area contributed by atoms with Gasteiger partial charge < -0.3 is 20.5 Å². The fourth-order valence-corrected chi connectivity index (χ4v) is 1.72. The average molecular weight is 298 g/mol. The molecule has 5 nitrogen and oxygen atoms in total. The van der Waals surface area contributed by atoms with Gasteiger partial charge in [-0.05, 0) is 6.42 Å². The molecule has 0 bridgehead atoms. The van der Waals surface area contributed by atoms with Gasteiger partial charge in [0.25, 0.3) is 0 Å². The molecule has 20 heavy (non-hydrogen) atoms. The van der Waals surface area contributed by atoms with E-state index in [2.05, 4.69) is 17.6 Å². The van der Waals surface area contributed by atoms with Crippen molar-refractivity contribution in [1.29, 1.82) is 0 Å². The van der Waals surface area contributed by atoms with Crippen LogP contribution in [0.5, 0.6) is 0 Å². The van der Waals surface area contributed by atoms with Crippen molar-refractivity contribution in [3.8, 4) is 0 Å². The summed E-state index contributed by atoms with van der Waals surface area (Å²) in [7, 11) is 0. The SMILES string of the molecule is CCCCNC(=O)C1CC[NH2+]CC1.O=C([O-])C(F)(F)F. The number of hydrogen-bond acceptors (Lipinski definition) is 3. The standard InChI is InChI=1S/C10H20N2O.C2HF3O2/c1-2-3-6-12-10(13)9-4-7-11-8-5-9;3-2(4,5)1(6)7/h9,11H,2-8H2,1H3,(H,12,13);(H,6,7). The number of carboxylic acids is 1. The molecule has 0 unspecified atom stereocenters. The van der Waals surface area contributed by atoms with E-state index < -0.39 is 12.1 Å². The second-order valence-corrected chi connectivity index (χ2v) is 4.57. The first-order valence-corrected chi connectivity index (χ1v) is 6.66. The number of carbonyl (C=O) groups is 2. The summed E-state index contributed by atoms with van der Waals surface area (Å²) in [5, 5.41) is 14.1. The Labute approximate surface area is 115 Å². The number of aliphatic carboxylic acids is 1. The predicted molar refractivity (Wildman–Crippen MR) is 63.4 cm³/mol. The lowest BCUT2D eigenvalue weighted by Crippen LogP contribution is -2.86. The molecule has 118 valence electrons. The molecule has 1 heterocycles. The van der Waals surface area contributed by atoms with E-state index in [0.717, 1.165) is 45.3 Å². The van der Waals surface area contributed by atoms with Crippen LogP contribution in [0.15, 0.2) is 0 Å². The summed E-state index contributed by atoms with van der Waals surface area (Å²) in [5.74, 6) is -2.43. The van der Waals surface area contributed by atoms with Crippen molar-refractivity contribution in [3.63, 3.8) is 0 Å². The van der Waals surface area contributed by atoms with Crippen molar-refractivity contribution in [2.24, 2.45) is 5.92 Å². The maximum Gasteiger partial charge on any atom is 0.430 e. The molecule has 1 amide bonds. The number of hydrogen-bond donors (Lipinski definition) is 2. The zero-order valence-electron chi connectivity index (χ0n) is 11.5. The molecule has 1 aliphatic rings. The highest BCUT2D eigenvalue weighted by atomic mass is 19.4. The number of nitrogens with two attached hydrogens (primary N) is 1. The minimum atomic E-state index is -5.19. The highest BCUT2D eigenvalue weighted by Crippen LogP contribution is 2.11. The summed E-state index contributed by atoms with van der Waals surface area (Å²) in [6.45, 7) is 5.23. The maximum absolute atomic E-state index is 11.5. The van der Waals surface area contributed by atoms with Crippen LogP contribution in [0.25, 0.3) is 0 Å². The number of amides is 1. The van der Waals surface area contributed by atoms with Gasteiger partial charge >= 0.3 is 6.18 Å². The number of nitrogens with one attached hydrogen (secondary N) is 1. The molecule has 8 heteroatoms. The van der Waals surface area contributed by atoms with Crippen LogP contribution >= 0.6 is 0 Å². The molecule has 0 spiro atoms. The Morgan fingerprint density at radius 2 is 1.80 bits per heavy atom. The number of piperidine rings is 1. The summed E-state index contributed by atoms with van der Waals surface area (Å²) < 4.78 is 31.5.